The van der Waals surface area contributed by atoms with Crippen LogP contribution in [-0.4, -0.2) is 39.9 Å². The molecule has 8 nitrogen and oxygen atoms in total. The number of carbonyl (C=O) groups is 4. The molecule has 0 spiro atoms. The third kappa shape index (κ3) is 11.1. The molecule has 8 heteroatoms. The molecule has 250 valence electrons. The van der Waals surface area contributed by atoms with Crippen LogP contribution in [0.15, 0.2) is 91.0 Å². The molecule has 5 rings (SSSR count). The molecular formula is C39H48N2O6. The van der Waals surface area contributed by atoms with Gasteiger partial charge in [0.1, 0.15) is 17.7 Å². The smallest absolute Gasteiger partial charge is 0.332 e. The van der Waals surface area contributed by atoms with E-state index in [2.05, 4.69) is 10.6 Å². The molecule has 3 N–H and O–H groups in total. The number of benzene rings is 3. The number of hydrogen-bond donors (Lipinski definition) is 3. The van der Waals surface area contributed by atoms with Crippen LogP contribution in [-0.2, 0) is 43.4 Å². The Morgan fingerprint density at radius 1 is 0.553 bits per heavy atom. The van der Waals surface area contributed by atoms with Crippen LogP contribution >= 0.6 is 0 Å². The Balaban J connectivity index is 0.000000223. The summed E-state index contributed by atoms with van der Waals surface area (Å²) in [5, 5.41) is 15.2. The second-order valence-electron chi connectivity index (χ2n) is 12.7. The van der Waals surface area contributed by atoms with Crippen LogP contribution in [0.1, 0.15) is 93.7 Å². The predicted octanol–water partition coefficient (Wildman–Crippen LogP) is 6.70. The summed E-state index contributed by atoms with van der Waals surface area (Å²) in [6, 6.07) is 29.3. The Labute approximate surface area is 278 Å². The van der Waals surface area contributed by atoms with Gasteiger partial charge in [0.25, 0.3) is 0 Å². The SMILES string of the molecule is O=C(CCc1ccccc1)NC1(C(=O)O)CCCCC1.O=C(CCc1ccccc1)NC1(C(=O)OCc2ccccc2)CCCCC1. The van der Waals surface area contributed by atoms with Gasteiger partial charge in [-0.2, -0.15) is 0 Å². The van der Waals surface area contributed by atoms with Crippen molar-refractivity contribution in [3.63, 3.8) is 0 Å². The molecule has 47 heavy (non-hydrogen) atoms. The summed E-state index contributed by atoms with van der Waals surface area (Å²) in [5.74, 6) is -1.46. The van der Waals surface area contributed by atoms with Gasteiger partial charge in [-0.25, -0.2) is 9.59 Å². The predicted molar refractivity (Wildman–Crippen MR) is 181 cm³/mol. The van der Waals surface area contributed by atoms with Gasteiger partial charge in [-0.05, 0) is 55.2 Å². The Kier molecular flexibility index (Phi) is 13.6. The van der Waals surface area contributed by atoms with Crippen LogP contribution in [0.25, 0.3) is 0 Å². The van der Waals surface area contributed by atoms with Crippen molar-refractivity contribution in [2.45, 2.75) is 108 Å². The minimum atomic E-state index is -1.04. The molecule has 2 amide bonds. The first-order valence-corrected chi connectivity index (χ1v) is 16.9. The number of aryl methyl sites for hydroxylation is 2. The first kappa shape index (κ1) is 35.4. The van der Waals surface area contributed by atoms with E-state index in [0.29, 0.717) is 51.4 Å². The second kappa shape index (κ2) is 18.0. The van der Waals surface area contributed by atoms with Gasteiger partial charge in [-0.1, -0.05) is 130 Å². The van der Waals surface area contributed by atoms with Crippen LogP contribution < -0.4 is 10.6 Å². The van der Waals surface area contributed by atoms with Gasteiger partial charge in [0.2, 0.25) is 11.8 Å². The van der Waals surface area contributed by atoms with Crippen LogP contribution in [0.5, 0.6) is 0 Å². The van der Waals surface area contributed by atoms with E-state index in [1.54, 1.807) is 0 Å². The average molecular weight is 641 g/mol. The number of hydrogen-bond acceptors (Lipinski definition) is 5. The minimum absolute atomic E-state index is 0.0857. The first-order valence-electron chi connectivity index (χ1n) is 16.9. The minimum Gasteiger partial charge on any atom is -0.480 e. The monoisotopic (exact) mass is 640 g/mol. The van der Waals surface area contributed by atoms with Crippen molar-refractivity contribution in [2.75, 3.05) is 0 Å². The molecule has 0 heterocycles. The van der Waals surface area contributed by atoms with Crippen molar-refractivity contribution in [3.05, 3.63) is 108 Å². The van der Waals surface area contributed by atoms with Gasteiger partial charge in [0, 0.05) is 12.8 Å². The lowest BCUT2D eigenvalue weighted by Crippen LogP contribution is -2.56. The Hall–Kier alpha value is -4.46. The van der Waals surface area contributed by atoms with E-state index >= 15 is 0 Å². The molecule has 0 aliphatic heterocycles. The summed E-state index contributed by atoms with van der Waals surface area (Å²) in [6.45, 7) is 0.237. The van der Waals surface area contributed by atoms with Crippen LogP contribution in [0.2, 0.25) is 0 Å². The van der Waals surface area contributed by atoms with Crippen LogP contribution in [0.3, 0.4) is 0 Å². The lowest BCUT2D eigenvalue weighted by Gasteiger charge is -2.35. The van der Waals surface area contributed by atoms with E-state index in [9.17, 15) is 24.3 Å². The van der Waals surface area contributed by atoms with E-state index in [-0.39, 0.29) is 24.4 Å². The van der Waals surface area contributed by atoms with Gasteiger partial charge in [-0.3, -0.25) is 9.59 Å². The van der Waals surface area contributed by atoms with E-state index < -0.39 is 17.0 Å². The largest absolute Gasteiger partial charge is 0.480 e. The van der Waals surface area contributed by atoms with Crippen molar-refractivity contribution < 1.29 is 29.0 Å². The van der Waals surface area contributed by atoms with Crippen LogP contribution in [0, 0.1) is 0 Å². The van der Waals surface area contributed by atoms with E-state index in [4.69, 9.17) is 4.74 Å². The maximum Gasteiger partial charge on any atom is 0.332 e. The number of carboxylic acids is 1. The van der Waals surface area contributed by atoms with Gasteiger partial charge >= 0.3 is 11.9 Å². The van der Waals surface area contributed by atoms with E-state index in [0.717, 1.165) is 55.2 Å². The number of carboxylic acid groups (broad SMARTS) is 1. The lowest BCUT2D eigenvalue weighted by molar-refractivity contribution is -0.156. The Morgan fingerprint density at radius 2 is 0.936 bits per heavy atom. The normalized spacial score (nSPS) is 16.4. The summed E-state index contributed by atoms with van der Waals surface area (Å²) >= 11 is 0. The van der Waals surface area contributed by atoms with Gasteiger partial charge in [0.05, 0.1) is 0 Å². The van der Waals surface area contributed by atoms with Crippen molar-refractivity contribution in [1.82, 2.24) is 10.6 Å². The zero-order valence-electron chi connectivity index (χ0n) is 27.3. The molecule has 3 aromatic carbocycles. The van der Waals surface area contributed by atoms with Gasteiger partial charge in [0.15, 0.2) is 0 Å². The van der Waals surface area contributed by atoms with Crippen molar-refractivity contribution in [2.24, 2.45) is 0 Å². The fraction of sp³-hybridized carbons (Fsp3) is 0.436. The summed E-state index contributed by atoms with van der Waals surface area (Å²) in [5.41, 5.74) is 1.26. The summed E-state index contributed by atoms with van der Waals surface area (Å²) in [7, 11) is 0. The fourth-order valence-corrected chi connectivity index (χ4v) is 6.41. The van der Waals surface area contributed by atoms with Crippen molar-refractivity contribution in [3.8, 4) is 0 Å². The van der Waals surface area contributed by atoms with E-state index in [1.807, 2.05) is 91.0 Å². The molecule has 0 unspecified atom stereocenters. The second-order valence-corrected chi connectivity index (χ2v) is 12.7. The highest BCUT2D eigenvalue weighted by atomic mass is 16.5. The topological polar surface area (TPSA) is 122 Å². The average Bonchev–Trinajstić information content (AvgIpc) is 3.11. The number of rotatable bonds is 12. The van der Waals surface area contributed by atoms with E-state index in [1.165, 1.54) is 0 Å². The molecule has 2 aliphatic rings. The molecular weight excluding hydrogens is 592 g/mol. The molecule has 0 atom stereocenters. The standard InChI is InChI=1S/C23H27NO3.C16H21NO3/c25-21(15-14-19-10-4-1-5-11-19)24-23(16-8-3-9-17-23)22(26)27-18-20-12-6-2-7-13-20;18-14(10-9-13-7-3-1-4-8-13)17-16(15(19)20)11-5-2-6-12-16/h1-2,4-7,10-13H,3,8-9,14-18H2,(H,24,25);1,3-4,7-8H,2,5-6,9-12H2,(H,17,18)(H,19,20). The third-order valence-electron chi connectivity index (χ3n) is 9.15. The van der Waals surface area contributed by atoms with Gasteiger partial charge < -0.3 is 20.5 Å². The number of esters is 1. The maximum atomic E-state index is 12.9. The highest BCUT2D eigenvalue weighted by Gasteiger charge is 2.42. The zero-order valence-corrected chi connectivity index (χ0v) is 27.3. The van der Waals surface area contributed by atoms with Gasteiger partial charge in [-0.15, -0.1) is 0 Å². The molecule has 0 bridgehead atoms. The number of carbonyl (C=O) groups excluding carboxylic acids is 3. The Bertz CT molecular complexity index is 1420. The molecule has 0 aromatic heterocycles. The lowest BCUT2D eigenvalue weighted by atomic mass is 9.81. The molecule has 2 aliphatic carbocycles. The van der Waals surface area contributed by atoms with Crippen molar-refractivity contribution >= 4 is 23.8 Å². The highest BCUT2D eigenvalue weighted by Crippen LogP contribution is 2.30. The highest BCUT2D eigenvalue weighted by molar-refractivity contribution is 5.88. The Morgan fingerprint density at radius 3 is 1.36 bits per heavy atom. The third-order valence-corrected chi connectivity index (χ3v) is 9.15. The van der Waals surface area contributed by atoms with Crippen molar-refractivity contribution in [1.29, 1.82) is 0 Å². The maximum absolute atomic E-state index is 12.9. The fourth-order valence-electron chi connectivity index (χ4n) is 6.41. The molecule has 3 aromatic rings. The number of aliphatic carboxylic acids is 1. The number of nitrogens with one attached hydrogen (secondary N) is 2. The molecule has 2 saturated carbocycles. The molecule has 0 saturated heterocycles. The number of amides is 2. The first-order chi connectivity index (χ1) is 22.8. The zero-order chi connectivity index (χ0) is 33.4. The van der Waals surface area contributed by atoms with Crippen LogP contribution in [0.4, 0.5) is 0 Å². The summed E-state index contributed by atoms with van der Waals surface area (Å²) < 4.78 is 5.58. The molecule has 0 radical (unpaired) electrons. The summed E-state index contributed by atoms with van der Waals surface area (Å²) in [6.07, 6.45) is 10.1. The quantitative estimate of drug-likeness (QED) is 0.189. The number of ether oxygens (including phenoxy) is 1. The summed E-state index contributed by atoms with van der Waals surface area (Å²) in [4.78, 5) is 48.9. The molecule has 2 fully saturated rings.